The molecule has 2 N–H and O–H groups in total. The standard InChI is InChI=1S/C28H32N4O2/c1-26(2)9-7-18(8-10-26)22-13-19(20-14-27(3)11-12-28(4,15-20)34-27)5-6-23(22)32-25(33)24-30-17-21(16-29)31-24/h5-7,11-13,17,20H,8-10,14-15H2,1-4H3,(H,30,31)(H,32,33)/t20?,27-,28+. The van der Waals surface area contributed by atoms with Crippen molar-refractivity contribution < 1.29 is 9.53 Å². The predicted molar refractivity (Wildman–Crippen MR) is 132 cm³/mol. The van der Waals surface area contributed by atoms with Gasteiger partial charge < -0.3 is 15.0 Å². The number of nitriles is 1. The van der Waals surface area contributed by atoms with Crippen LogP contribution in [0, 0.1) is 16.7 Å². The van der Waals surface area contributed by atoms with Gasteiger partial charge in [-0.1, -0.05) is 38.1 Å². The summed E-state index contributed by atoms with van der Waals surface area (Å²) in [5.41, 5.74) is 4.53. The summed E-state index contributed by atoms with van der Waals surface area (Å²) in [6, 6.07) is 8.40. The summed E-state index contributed by atoms with van der Waals surface area (Å²) in [6.07, 6.45) is 13.1. The molecule has 2 bridgehead atoms. The Morgan fingerprint density at radius 1 is 1.21 bits per heavy atom. The van der Waals surface area contributed by atoms with E-state index in [1.54, 1.807) is 0 Å². The monoisotopic (exact) mass is 456 g/mol. The van der Waals surface area contributed by atoms with E-state index in [4.69, 9.17) is 10.00 Å². The number of hydrogen-bond donors (Lipinski definition) is 2. The van der Waals surface area contributed by atoms with Crippen molar-refractivity contribution in [3.8, 4) is 6.07 Å². The average molecular weight is 457 g/mol. The van der Waals surface area contributed by atoms with Gasteiger partial charge in [-0.25, -0.2) is 4.98 Å². The first-order valence-corrected chi connectivity index (χ1v) is 12.1. The third kappa shape index (κ3) is 4.33. The number of aromatic nitrogens is 2. The van der Waals surface area contributed by atoms with Crippen LogP contribution in [0.15, 0.2) is 42.6 Å². The van der Waals surface area contributed by atoms with Crippen molar-refractivity contribution in [3.05, 3.63) is 65.3 Å². The summed E-state index contributed by atoms with van der Waals surface area (Å²) in [5.74, 6) is 0.171. The maximum absolute atomic E-state index is 12.9. The molecular formula is C28H32N4O2. The van der Waals surface area contributed by atoms with E-state index < -0.39 is 0 Å². The minimum Gasteiger partial charge on any atom is -0.361 e. The molecule has 2 aliphatic heterocycles. The number of H-pyrrole nitrogens is 1. The molecule has 3 atom stereocenters. The Balaban J connectivity index is 1.48. The van der Waals surface area contributed by atoms with Crippen molar-refractivity contribution in [2.45, 2.75) is 76.9 Å². The average Bonchev–Trinajstić information content (AvgIpc) is 3.35. The van der Waals surface area contributed by atoms with Gasteiger partial charge in [0.1, 0.15) is 11.8 Å². The molecule has 6 nitrogen and oxygen atoms in total. The summed E-state index contributed by atoms with van der Waals surface area (Å²) in [5, 5.41) is 12.1. The van der Waals surface area contributed by atoms with Crippen molar-refractivity contribution in [2.24, 2.45) is 5.41 Å². The fourth-order valence-corrected chi connectivity index (χ4v) is 5.65. The summed E-state index contributed by atoms with van der Waals surface area (Å²) >= 11 is 0. The highest BCUT2D eigenvalue weighted by atomic mass is 16.5. The van der Waals surface area contributed by atoms with Crippen LogP contribution in [0.4, 0.5) is 5.69 Å². The SMILES string of the molecule is CC1(C)CC=C(c2cc(C3C[C@]4(C)C=C[C@](C)(C3)O4)ccc2NC(=O)c2ncc(C#N)[nH]2)CC1. The molecule has 1 aliphatic carbocycles. The van der Waals surface area contributed by atoms with E-state index >= 15 is 0 Å². The Morgan fingerprint density at radius 2 is 1.94 bits per heavy atom. The van der Waals surface area contributed by atoms with E-state index in [1.807, 2.05) is 12.1 Å². The highest BCUT2D eigenvalue weighted by Crippen LogP contribution is 2.50. The van der Waals surface area contributed by atoms with E-state index in [-0.39, 0.29) is 28.6 Å². The second-order valence-corrected chi connectivity index (χ2v) is 11.3. The van der Waals surface area contributed by atoms with E-state index in [0.29, 0.717) is 11.3 Å². The number of benzene rings is 1. The lowest BCUT2D eigenvalue weighted by Crippen LogP contribution is -2.40. The molecule has 1 aromatic carbocycles. The summed E-state index contributed by atoms with van der Waals surface area (Å²) in [4.78, 5) is 19.7. The Morgan fingerprint density at radius 3 is 2.56 bits per heavy atom. The lowest BCUT2D eigenvalue weighted by molar-refractivity contribution is -0.112. The van der Waals surface area contributed by atoms with Crippen molar-refractivity contribution in [1.82, 2.24) is 9.97 Å². The first-order chi connectivity index (χ1) is 16.1. The number of nitrogens with zero attached hydrogens (tertiary/aromatic N) is 2. The van der Waals surface area contributed by atoms with Gasteiger partial charge in [-0.05, 0) is 80.6 Å². The highest BCUT2D eigenvalue weighted by molar-refractivity contribution is 6.03. The molecule has 1 fully saturated rings. The quantitative estimate of drug-likeness (QED) is 0.543. The van der Waals surface area contributed by atoms with Crippen molar-refractivity contribution >= 4 is 17.2 Å². The van der Waals surface area contributed by atoms with Crippen LogP contribution in [0.5, 0.6) is 0 Å². The van der Waals surface area contributed by atoms with Gasteiger partial charge in [0.05, 0.1) is 17.4 Å². The number of carbonyl (C=O) groups is 1. The lowest BCUT2D eigenvalue weighted by atomic mass is 9.75. The summed E-state index contributed by atoms with van der Waals surface area (Å²) in [7, 11) is 0. The topological polar surface area (TPSA) is 90.8 Å². The van der Waals surface area contributed by atoms with Gasteiger partial charge in [-0.3, -0.25) is 4.79 Å². The van der Waals surface area contributed by atoms with Crippen LogP contribution in [0.25, 0.3) is 5.57 Å². The highest BCUT2D eigenvalue weighted by Gasteiger charge is 2.46. The Kier molecular flexibility index (Phi) is 5.29. The van der Waals surface area contributed by atoms with Crippen LogP contribution >= 0.6 is 0 Å². The maximum Gasteiger partial charge on any atom is 0.291 e. The van der Waals surface area contributed by atoms with Gasteiger partial charge in [0.15, 0.2) is 5.82 Å². The molecule has 1 amide bonds. The van der Waals surface area contributed by atoms with Crippen molar-refractivity contribution in [3.63, 3.8) is 0 Å². The molecular weight excluding hydrogens is 424 g/mol. The Bertz CT molecular complexity index is 1230. The van der Waals surface area contributed by atoms with Crippen LogP contribution in [0.3, 0.4) is 0 Å². The van der Waals surface area contributed by atoms with Gasteiger partial charge in [0, 0.05) is 11.3 Å². The fourth-order valence-electron chi connectivity index (χ4n) is 5.65. The lowest BCUT2D eigenvalue weighted by Gasteiger charge is -2.41. The van der Waals surface area contributed by atoms with E-state index in [1.165, 1.54) is 17.3 Å². The third-order valence-electron chi connectivity index (χ3n) is 7.55. The second kappa shape index (κ2) is 7.95. The normalized spacial score (nSPS) is 29.4. The van der Waals surface area contributed by atoms with E-state index in [0.717, 1.165) is 43.4 Å². The molecule has 3 heterocycles. The molecule has 1 saturated heterocycles. The minimum atomic E-state index is -0.347. The van der Waals surface area contributed by atoms with Crippen LogP contribution in [0.2, 0.25) is 0 Å². The molecule has 0 radical (unpaired) electrons. The summed E-state index contributed by atoms with van der Waals surface area (Å²) < 4.78 is 6.32. The molecule has 1 aromatic heterocycles. The largest absolute Gasteiger partial charge is 0.361 e. The number of aromatic amines is 1. The van der Waals surface area contributed by atoms with Crippen LogP contribution in [-0.2, 0) is 4.74 Å². The maximum atomic E-state index is 12.9. The van der Waals surface area contributed by atoms with Gasteiger partial charge in [0.2, 0.25) is 0 Å². The Hall–Kier alpha value is -3.17. The summed E-state index contributed by atoms with van der Waals surface area (Å²) in [6.45, 7) is 8.94. The fraction of sp³-hybridized carbons (Fsp3) is 0.464. The number of carbonyl (C=O) groups excluding carboxylic acids is 1. The zero-order chi connectivity index (χ0) is 24.1. The molecule has 34 heavy (non-hydrogen) atoms. The number of rotatable bonds is 4. The first kappa shape index (κ1) is 22.6. The van der Waals surface area contributed by atoms with Crippen LogP contribution < -0.4 is 5.32 Å². The van der Waals surface area contributed by atoms with E-state index in [2.05, 4.69) is 73.3 Å². The van der Waals surface area contributed by atoms with Gasteiger partial charge in [-0.2, -0.15) is 5.26 Å². The molecule has 3 aliphatic rings. The minimum absolute atomic E-state index is 0.137. The van der Waals surface area contributed by atoms with Crippen molar-refractivity contribution in [2.75, 3.05) is 5.32 Å². The van der Waals surface area contributed by atoms with E-state index in [9.17, 15) is 4.79 Å². The number of hydrogen-bond acceptors (Lipinski definition) is 4. The smallest absolute Gasteiger partial charge is 0.291 e. The zero-order valence-electron chi connectivity index (χ0n) is 20.4. The first-order valence-electron chi connectivity index (χ1n) is 12.1. The molecule has 1 unspecified atom stereocenters. The molecule has 5 rings (SSSR count). The molecule has 0 saturated carbocycles. The van der Waals surface area contributed by atoms with Crippen LogP contribution in [-0.4, -0.2) is 27.1 Å². The number of allylic oxidation sites excluding steroid dienone is 2. The number of anilines is 1. The predicted octanol–water partition coefficient (Wildman–Crippen LogP) is 6.11. The molecule has 176 valence electrons. The number of ether oxygens (including phenoxy) is 1. The van der Waals surface area contributed by atoms with Gasteiger partial charge in [0.25, 0.3) is 5.91 Å². The second-order valence-electron chi connectivity index (χ2n) is 11.3. The zero-order valence-corrected chi connectivity index (χ0v) is 20.4. The van der Waals surface area contributed by atoms with Crippen LogP contribution in [0.1, 0.15) is 93.2 Å². The number of imidazole rings is 1. The van der Waals surface area contributed by atoms with Crippen molar-refractivity contribution in [1.29, 1.82) is 5.26 Å². The number of nitrogens with one attached hydrogen (secondary N) is 2. The molecule has 0 spiro atoms. The Labute approximate surface area is 201 Å². The van der Waals surface area contributed by atoms with Gasteiger partial charge >= 0.3 is 0 Å². The third-order valence-corrected chi connectivity index (χ3v) is 7.55. The number of amides is 1. The molecule has 2 aromatic rings. The number of fused-ring (bicyclic) bond motifs is 2. The molecule has 6 heteroatoms. The van der Waals surface area contributed by atoms with Gasteiger partial charge in [-0.15, -0.1) is 0 Å².